The minimum Gasteiger partial charge on any atom is -0.384 e. The zero-order valence-corrected chi connectivity index (χ0v) is 25.1. The number of rotatable bonds is 7. The van der Waals surface area contributed by atoms with Gasteiger partial charge in [-0.05, 0) is 84.7 Å². The molecule has 2 unspecified atom stereocenters. The maximum Gasteiger partial charge on any atom is 0.324 e. The van der Waals surface area contributed by atoms with Gasteiger partial charge < -0.3 is 28.7 Å². The normalized spacial score (nSPS) is 18.2. The predicted octanol–water partition coefficient (Wildman–Crippen LogP) is 0.760. The van der Waals surface area contributed by atoms with Crippen molar-refractivity contribution in [3.05, 3.63) is 0 Å². The fourth-order valence-corrected chi connectivity index (χ4v) is 4.32. The van der Waals surface area contributed by atoms with Crippen molar-refractivity contribution in [1.82, 2.24) is 10.6 Å². The van der Waals surface area contributed by atoms with Crippen LogP contribution < -0.4 is 10.6 Å². The number of ether oxygens (including phenoxy) is 2. The first-order chi connectivity index (χ1) is 19.9. The maximum atomic E-state index is 10.1. The van der Waals surface area contributed by atoms with E-state index in [0.29, 0.717) is 13.0 Å². The van der Waals surface area contributed by atoms with Crippen LogP contribution in [-0.4, -0.2) is 56.2 Å². The van der Waals surface area contributed by atoms with Crippen LogP contribution >= 0.6 is 18.9 Å². The quantitative estimate of drug-likeness (QED) is 0.170. The number of hydrogen-bond acceptors (Lipinski definition) is 6. The summed E-state index contributed by atoms with van der Waals surface area (Å²) in [5.74, 6) is 48.0. The highest BCUT2D eigenvalue weighted by Crippen LogP contribution is 2.48. The summed E-state index contributed by atoms with van der Waals surface area (Å²) in [5.41, 5.74) is 0. The molecule has 1 saturated carbocycles. The highest BCUT2D eigenvalue weighted by Gasteiger charge is 2.47. The van der Waals surface area contributed by atoms with E-state index >= 15 is 0 Å². The predicted molar refractivity (Wildman–Crippen MR) is 165 cm³/mol. The van der Waals surface area contributed by atoms with Crippen molar-refractivity contribution in [3.8, 4) is 119 Å². The molecule has 5 atom stereocenters. The van der Waals surface area contributed by atoms with Crippen molar-refractivity contribution in [1.29, 1.82) is 0 Å². The summed E-state index contributed by atoms with van der Waals surface area (Å²) in [6, 6.07) is 2.38. The van der Waals surface area contributed by atoms with Crippen molar-refractivity contribution in [2.45, 2.75) is 31.6 Å². The Labute approximate surface area is 253 Å². The monoisotopic (exact) mass is 598 g/mol. The summed E-state index contributed by atoms with van der Waals surface area (Å²) in [4.78, 5) is 10.1. The van der Waals surface area contributed by atoms with Crippen molar-refractivity contribution in [2.24, 2.45) is 5.92 Å². The Bertz CT molecular complexity index is 1660. The molecule has 0 aliphatic heterocycles. The van der Waals surface area contributed by atoms with E-state index in [-0.39, 0.29) is 17.1 Å². The van der Waals surface area contributed by atoms with E-state index in [2.05, 4.69) is 129 Å². The third kappa shape index (κ3) is 15.8. The van der Waals surface area contributed by atoms with Gasteiger partial charge >= 0.3 is 6.72 Å². The molecule has 7 nitrogen and oxygen atoms in total. The summed E-state index contributed by atoms with van der Waals surface area (Å²) in [5, 5.41) is 6.14. The van der Waals surface area contributed by atoms with Gasteiger partial charge in [0.2, 0.25) is 0 Å². The molecule has 0 heterocycles. The lowest BCUT2D eigenvalue weighted by Gasteiger charge is -2.28. The topological polar surface area (TPSA) is 81.2 Å². The fraction of sp³-hybridized carbons (Fsp3) is 0.323. The third-order valence-electron chi connectivity index (χ3n) is 4.62. The van der Waals surface area contributed by atoms with Gasteiger partial charge in [-0.25, -0.2) is 0 Å². The van der Waals surface area contributed by atoms with E-state index in [0.717, 1.165) is 0 Å². The van der Waals surface area contributed by atoms with Gasteiger partial charge in [0.05, 0.1) is 12.6 Å². The summed E-state index contributed by atoms with van der Waals surface area (Å²) in [7, 11) is 4.41. The molecule has 0 amide bonds. The van der Waals surface area contributed by atoms with E-state index in [9.17, 15) is 4.89 Å². The van der Waals surface area contributed by atoms with Gasteiger partial charge in [0.15, 0.2) is 5.11 Å². The molecule has 0 aromatic rings. The SMILES string of the molecule is CC#CC#CC#CC#CC#CC#CC#CC#CC#CC#CNC(=S)N[C@@H]1C[C@H](COC)C(OP(O)(=S)OC)[C@@H]1OC. The van der Waals surface area contributed by atoms with Crippen molar-refractivity contribution in [2.75, 3.05) is 27.9 Å². The summed E-state index contributed by atoms with van der Waals surface area (Å²) in [6.07, 6.45) is -0.426. The van der Waals surface area contributed by atoms with Gasteiger partial charge in [-0.3, -0.25) is 5.32 Å². The molecular weight excluding hydrogens is 575 g/mol. The number of methoxy groups -OCH3 is 2. The Morgan fingerprint density at radius 2 is 1.24 bits per heavy atom. The molecule has 41 heavy (non-hydrogen) atoms. The Morgan fingerprint density at radius 3 is 1.66 bits per heavy atom. The van der Waals surface area contributed by atoms with Crippen LogP contribution in [0.2, 0.25) is 0 Å². The van der Waals surface area contributed by atoms with Crippen molar-refractivity contribution >= 4 is 35.9 Å². The molecule has 0 aromatic heterocycles. The molecule has 10 heteroatoms. The van der Waals surface area contributed by atoms with E-state index in [1.165, 1.54) is 14.2 Å². The van der Waals surface area contributed by atoms with Crippen LogP contribution in [-0.2, 0) is 30.3 Å². The molecule has 0 saturated heterocycles. The molecule has 1 aliphatic carbocycles. The van der Waals surface area contributed by atoms with Gasteiger partial charge in [0.25, 0.3) is 0 Å². The molecular formula is C31H23N2O5PS2. The van der Waals surface area contributed by atoms with Crippen LogP contribution in [0, 0.1) is 124 Å². The first-order valence-corrected chi connectivity index (χ1v) is 14.4. The number of nitrogens with one attached hydrogen (secondary N) is 2. The van der Waals surface area contributed by atoms with E-state index < -0.39 is 18.9 Å². The zero-order chi connectivity index (χ0) is 30.2. The van der Waals surface area contributed by atoms with Crippen LogP contribution in [0.3, 0.4) is 0 Å². The Balaban J connectivity index is 2.57. The molecule has 0 spiro atoms. The molecule has 0 aromatic carbocycles. The third-order valence-corrected chi connectivity index (χ3v) is 6.52. The molecule has 204 valence electrons. The van der Waals surface area contributed by atoms with Crippen LogP contribution in [0.1, 0.15) is 13.3 Å². The van der Waals surface area contributed by atoms with Gasteiger partial charge in [-0.2, -0.15) is 0 Å². The second-order valence-corrected chi connectivity index (χ2v) is 10.5. The second kappa shape index (κ2) is 21.5. The minimum atomic E-state index is -3.41. The molecule has 1 fully saturated rings. The lowest BCUT2D eigenvalue weighted by atomic mass is 10.1. The van der Waals surface area contributed by atoms with Gasteiger partial charge in [0.1, 0.15) is 12.2 Å². The van der Waals surface area contributed by atoms with Crippen molar-refractivity contribution in [3.63, 3.8) is 0 Å². The molecule has 1 rings (SSSR count). The van der Waals surface area contributed by atoms with E-state index in [4.69, 9.17) is 42.5 Å². The van der Waals surface area contributed by atoms with E-state index in [1.54, 1.807) is 14.0 Å². The smallest absolute Gasteiger partial charge is 0.324 e. The lowest BCUT2D eigenvalue weighted by Crippen LogP contribution is -2.47. The van der Waals surface area contributed by atoms with Gasteiger partial charge in [-0.1, -0.05) is 5.92 Å². The van der Waals surface area contributed by atoms with Crippen LogP contribution in [0.25, 0.3) is 0 Å². The largest absolute Gasteiger partial charge is 0.384 e. The lowest BCUT2D eigenvalue weighted by molar-refractivity contribution is -0.0206. The molecule has 0 bridgehead atoms. The Morgan fingerprint density at radius 1 is 0.780 bits per heavy atom. The van der Waals surface area contributed by atoms with Gasteiger partial charge in [0, 0.05) is 92.5 Å². The average molecular weight is 599 g/mol. The molecule has 0 radical (unpaired) electrons. The fourth-order valence-electron chi connectivity index (χ4n) is 3.14. The highest BCUT2D eigenvalue weighted by atomic mass is 32.5. The first-order valence-electron chi connectivity index (χ1n) is 11.5. The highest BCUT2D eigenvalue weighted by molar-refractivity contribution is 8.07. The minimum absolute atomic E-state index is 0.107. The summed E-state index contributed by atoms with van der Waals surface area (Å²) < 4.78 is 21.5. The average Bonchev–Trinajstić information content (AvgIpc) is 3.26. The molecule has 1 aliphatic rings. The van der Waals surface area contributed by atoms with Crippen LogP contribution in [0.15, 0.2) is 0 Å². The maximum absolute atomic E-state index is 10.1. The summed E-state index contributed by atoms with van der Waals surface area (Å²) >= 11 is 10.3. The zero-order valence-electron chi connectivity index (χ0n) is 22.6. The number of hydrogen-bond donors (Lipinski definition) is 3. The standard InChI is InChI=1S/C31H23N2O5PS2/c1-5-6-7-8-9-10-11-12-13-14-15-16-17-18-19-20-21-22-23-24-32-31(40)33-28-25-27(26-35-2)29(30(28)36-3)38-39(34,41)37-4/h27-30H,25-26H2,1-4H3,(H,34,41)(H2,32,33,40)/t27-,28-,29?,30-,39?/m1/s1. The summed E-state index contributed by atoms with van der Waals surface area (Å²) in [6.45, 7) is -1.34. The molecule has 3 N–H and O–H groups in total. The second-order valence-electron chi connectivity index (χ2n) is 7.20. The van der Waals surface area contributed by atoms with E-state index in [1.807, 2.05) is 0 Å². The van der Waals surface area contributed by atoms with Gasteiger partial charge in [-0.15, -0.1) is 0 Å². The van der Waals surface area contributed by atoms with Crippen LogP contribution in [0.5, 0.6) is 0 Å². The number of thiocarbonyl (C=S) groups is 1. The van der Waals surface area contributed by atoms with Crippen molar-refractivity contribution < 1.29 is 23.4 Å². The van der Waals surface area contributed by atoms with Crippen LogP contribution in [0.4, 0.5) is 0 Å². The first kappa shape index (κ1) is 34.8. The Kier molecular flexibility index (Phi) is 18.3. The Hall–Kier alpha value is -4.26.